The van der Waals surface area contributed by atoms with Gasteiger partial charge in [0, 0.05) is 0 Å². The molecule has 0 spiro atoms. The average Bonchev–Trinajstić information content (AvgIpc) is 1.84. The number of rotatable bonds is 2. The van der Waals surface area contributed by atoms with E-state index in [1.54, 1.807) is 0 Å². The van der Waals surface area contributed by atoms with Crippen molar-refractivity contribution in [2.75, 3.05) is 0 Å². The van der Waals surface area contributed by atoms with Gasteiger partial charge in [0.25, 0.3) is 0 Å². The Labute approximate surface area is 54.4 Å². The molecule has 0 amide bonds. The highest BCUT2D eigenvalue weighted by atomic mass is 16.5. The molecule has 0 radical (unpaired) electrons. The number of aliphatic hydroxyl groups is 1. The maximum Gasteiger partial charge on any atom is 0.326 e. The number of hydrogen-bond donors (Lipinski definition) is 2. The monoisotopic (exact) mass is 131 g/mol. The van der Waals surface area contributed by atoms with Crippen LogP contribution in [0.5, 0.6) is 0 Å². The molecule has 0 unspecified atom stereocenters. The molecule has 0 saturated heterocycles. The fraction of sp³-hybridized carbons (Fsp3) is 0.750. The number of aliphatic hydroxyl groups excluding tert-OH is 1. The number of hydrogen-bond acceptors (Lipinski definition) is 4. The molecule has 0 aliphatic carbocycles. The molecule has 0 aromatic heterocycles. The van der Waals surface area contributed by atoms with Gasteiger partial charge in [-0.2, -0.15) is 0 Å². The van der Waals surface area contributed by atoms with Crippen LogP contribution in [-0.2, 0) is 9.45 Å². The fourth-order valence-corrected chi connectivity index (χ4v) is 0.333. The summed E-state index contributed by atoms with van der Waals surface area (Å²) in [6.07, 6.45) is -0.850. The molecule has 0 aromatic rings. The molecule has 5 heteroatoms. The lowest BCUT2D eigenvalue weighted by Gasteiger charge is -2.11. The standard InChI is InChI=1S/C4H10BNO3/c1-2(7)3(6)4(8)9-5/h2-3,7H,5-6H2,1H3/t2-,3+/m1/s1. The molecule has 3 N–H and O–H groups in total. The predicted octanol–water partition coefficient (Wildman–Crippen LogP) is -2.21. The van der Waals surface area contributed by atoms with Gasteiger partial charge in [0.1, 0.15) is 6.04 Å². The van der Waals surface area contributed by atoms with Crippen LogP contribution in [0.1, 0.15) is 6.92 Å². The van der Waals surface area contributed by atoms with Crippen molar-refractivity contribution in [1.82, 2.24) is 0 Å². The number of carbonyl (C=O) groups excluding carboxylic acids is 1. The van der Waals surface area contributed by atoms with Gasteiger partial charge in [-0.1, -0.05) is 0 Å². The van der Waals surface area contributed by atoms with E-state index in [0.717, 1.165) is 0 Å². The minimum Gasteiger partial charge on any atom is -0.542 e. The Hall–Kier alpha value is -0.545. The smallest absolute Gasteiger partial charge is 0.326 e. The Balaban J connectivity index is 3.72. The summed E-state index contributed by atoms with van der Waals surface area (Å²) in [6.45, 7) is 1.43. The lowest BCUT2D eigenvalue weighted by Crippen LogP contribution is -2.41. The van der Waals surface area contributed by atoms with Crippen LogP contribution in [0.3, 0.4) is 0 Å². The van der Waals surface area contributed by atoms with Crippen molar-refractivity contribution in [2.24, 2.45) is 5.73 Å². The maximum atomic E-state index is 10.4. The van der Waals surface area contributed by atoms with Crippen LogP contribution in [0.15, 0.2) is 0 Å². The Bertz CT molecular complexity index is 106. The molecule has 52 valence electrons. The first-order valence-corrected chi connectivity index (χ1v) is 2.61. The quantitative estimate of drug-likeness (QED) is 0.416. The van der Waals surface area contributed by atoms with Crippen molar-refractivity contribution >= 4 is 14.0 Å². The van der Waals surface area contributed by atoms with Crippen LogP contribution >= 0.6 is 0 Å². The molecular formula is C4H10BNO3. The highest BCUT2D eigenvalue weighted by Crippen LogP contribution is 1.89. The van der Waals surface area contributed by atoms with E-state index in [2.05, 4.69) is 4.65 Å². The maximum absolute atomic E-state index is 10.4. The number of nitrogens with two attached hydrogens (primary N) is 1. The SMILES string of the molecule is BOC(=O)[C@@H](N)[C@@H](C)O. The van der Waals surface area contributed by atoms with Gasteiger partial charge in [0.05, 0.1) is 6.10 Å². The minimum absolute atomic E-state index is 0.593. The molecule has 0 rings (SSSR count). The lowest BCUT2D eigenvalue weighted by molar-refractivity contribution is -0.137. The van der Waals surface area contributed by atoms with Gasteiger partial charge in [-0.15, -0.1) is 0 Å². The highest BCUT2D eigenvalue weighted by Gasteiger charge is 2.17. The Morgan fingerprint density at radius 2 is 2.33 bits per heavy atom. The summed E-state index contributed by atoms with van der Waals surface area (Å²) in [5.41, 5.74) is 5.15. The zero-order chi connectivity index (χ0) is 7.44. The van der Waals surface area contributed by atoms with Crippen LogP contribution in [0.25, 0.3) is 0 Å². The Morgan fingerprint density at radius 3 is 2.44 bits per heavy atom. The zero-order valence-electron chi connectivity index (χ0n) is 5.50. The summed E-state index contributed by atoms with van der Waals surface area (Å²) in [5.74, 6) is -0.593. The largest absolute Gasteiger partial charge is 0.542 e. The minimum atomic E-state index is -0.921. The van der Waals surface area contributed by atoms with Crippen molar-refractivity contribution in [3.8, 4) is 0 Å². The molecule has 0 heterocycles. The molecule has 0 aromatic carbocycles. The van der Waals surface area contributed by atoms with E-state index in [9.17, 15) is 4.79 Å². The van der Waals surface area contributed by atoms with E-state index in [-0.39, 0.29) is 0 Å². The molecule has 4 nitrogen and oxygen atoms in total. The van der Waals surface area contributed by atoms with Crippen molar-refractivity contribution in [1.29, 1.82) is 0 Å². The van der Waals surface area contributed by atoms with E-state index in [4.69, 9.17) is 10.8 Å². The van der Waals surface area contributed by atoms with Gasteiger partial charge in [0.15, 0.2) is 0 Å². The van der Waals surface area contributed by atoms with E-state index < -0.39 is 18.1 Å². The Morgan fingerprint density at radius 1 is 1.89 bits per heavy atom. The van der Waals surface area contributed by atoms with Crippen molar-refractivity contribution in [2.45, 2.75) is 19.1 Å². The topological polar surface area (TPSA) is 72.5 Å². The summed E-state index contributed by atoms with van der Waals surface area (Å²) in [5, 5.41) is 8.70. The highest BCUT2D eigenvalue weighted by molar-refractivity contribution is 6.06. The van der Waals surface area contributed by atoms with Gasteiger partial charge in [-0.25, -0.2) is 0 Å². The Kier molecular flexibility index (Phi) is 3.26. The predicted molar refractivity (Wildman–Crippen MR) is 34.3 cm³/mol. The normalized spacial score (nSPS) is 16.3. The zero-order valence-corrected chi connectivity index (χ0v) is 5.50. The van der Waals surface area contributed by atoms with Crippen LogP contribution in [-0.4, -0.2) is 31.3 Å². The molecule has 0 saturated carbocycles. The fourth-order valence-electron chi connectivity index (χ4n) is 0.333. The molecule has 0 bridgehead atoms. The first kappa shape index (κ1) is 8.45. The van der Waals surface area contributed by atoms with Gasteiger partial charge in [-0.05, 0) is 6.92 Å². The van der Waals surface area contributed by atoms with Crippen molar-refractivity contribution < 1.29 is 14.6 Å². The summed E-state index contributed by atoms with van der Waals surface area (Å²) in [6, 6.07) is -0.921. The molecule has 0 aliphatic heterocycles. The van der Waals surface area contributed by atoms with Gasteiger partial charge >= 0.3 is 14.0 Å². The third-order valence-electron chi connectivity index (χ3n) is 0.993. The lowest BCUT2D eigenvalue weighted by atomic mass is 10.2. The van der Waals surface area contributed by atoms with Crippen LogP contribution < -0.4 is 5.73 Å². The summed E-state index contributed by atoms with van der Waals surface area (Å²) < 4.78 is 4.25. The molecule has 0 fully saturated rings. The molecule has 2 atom stereocenters. The van der Waals surface area contributed by atoms with Crippen LogP contribution in [0.2, 0.25) is 0 Å². The van der Waals surface area contributed by atoms with Crippen molar-refractivity contribution in [3.05, 3.63) is 0 Å². The second-order valence-corrected chi connectivity index (χ2v) is 1.79. The first-order valence-electron chi connectivity index (χ1n) is 2.61. The van der Waals surface area contributed by atoms with E-state index in [1.165, 1.54) is 15.0 Å². The van der Waals surface area contributed by atoms with Gasteiger partial charge in [-0.3, -0.25) is 4.79 Å². The second kappa shape index (κ2) is 3.47. The van der Waals surface area contributed by atoms with Gasteiger partial charge in [0.2, 0.25) is 0 Å². The summed E-state index contributed by atoms with van der Waals surface area (Å²) in [7, 11) is 1.23. The second-order valence-electron chi connectivity index (χ2n) is 1.79. The van der Waals surface area contributed by atoms with E-state index in [0.29, 0.717) is 0 Å². The summed E-state index contributed by atoms with van der Waals surface area (Å²) in [4.78, 5) is 10.4. The molecule has 0 aliphatic rings. The first-order chi connectivity index (χ1) is 4.09. The van der Waals surface area contributed by atoms with Crippen LogP contribution in [0, 0.1) is 0 Å². The third kappa shape index (κ3) is 2.48. The molecule has 9 heavy (non-hydrogen) atoms. The average molecular weight is 131 g/mol. The van der Waals surface area contributed by atoms with E-state index in [1.807, 2.05) is 0 Å². The number of carbonyl (C=O) groups is 1. The third-order valence-corrected chi connectivity index (χ3v) is 0.993. The van der Waals surface area contributed by atoms with Crippen LogP contribution in [0.4, 0.5) is 0 Å². The molecular weight excluding hydrogens is 121 g/mol. The van der Waals surface area contributed by atoms with Crippen molar-refractivity contribution in [3.63, 3.8) is 0 Å². The van der Waals surface area contributed by atoms with Gasteiger partial charge < -0.3 is 15.5 Å². The summed E-state index contributed by atoms with van der Waals surface area (Å²) >= 11 is 0. The van der Waals surface area contributed by atoms with E-state index >= 15 is 0 Å².